The van der Waals surface area contributed by atoms with E-state index in [1.165, 1.54) is 38.9 Å². The maximum Gasteiger partial charge on any atom is 0.226 e. The molecule has 31 heavy (non-hydrogen) atoms. The lowest BCUT2D eigenvalue weighted by molar-refractivity contribution is -0.905. The molecular weight excluding hydrogens is 390 g/mol. The number of likely N-dealkylation sites (tertiary alicyclic amines) is 2. The minimum Gasteiger partial charge on any atom is -0.493 e. The zero-order chi connectivity index (χ0) is 22.2. The first kappa shape index (κ1) is 23.9. The van der Waals surface area contributed by atoms with Crippen molar-refractivity contribution in [2.45, 2.75) is 51.5 Å². The number of hydrogen-bond donors (Lipinski definition) is 1. The first-order valence-corrected chi connectivity index (χ1v) is 12.1. The van der Waals surface area contributed by atoms with Gasteiger partial charge in [0.15, 0.2) is 11.5 Å². The molecule has 0 aromatic heterocycles. The van der Waals surface area contributed by atoms with Gasteiger partial charge in [-0.3, -0.25) is 9.69 Å². The summed E-state index contributed by atoms with van der Waals surface area (Å²) in [6.45, 7) is 8.99. The number of methoxy groups -OCH3 is 2. The molecule has 0 radical (unpaired) electrons. The van der Waals surface area contributed by atoms with Crippen LogP contribution in [-0.2, 0) is 11.2 Å². The van der Waals surface area contributed by atoms with Gasteiger partial charge in [-0.2, -0.15) is 0 Å². The molecule has 6 heteroatoms. The van der Waals surface area contributed by atoms with Crippen LogP contribution in [0.2, 0.25) is 0 Å². The molecule has 2 saturated heterocycles. The molecule has 6 nitrogen and oxygen atoms in total. The van der Waals surface area contributed by atoms with Crippen molar-refractivity contribution in [3.8, 4) is 11.5 Å². The Hall–Kier alpha value is -1.79. The van der Waals surface area contributed by atoms with Crippen LogP contribution in [0.4, 0.5) is 0 Å². The normalized spacial score (nSPS) is 24.6. The van der Waals surface area contributed by atoms with Crippen LogP contribution >= 0.6 is 0 Å². The zero-order valence-corrected chi connectivity index (χ0v) is 20.0. The maximum atomic E-state index is 13.2. The standard InChI is InChI=1S/C25H41N3O3/c1-5-13-27-16-11-22(12-17-27)28-14-6-7-21(19-28)25(29)26(2)15-10-20-8-9-23(30-3)24(18-20)31-4/h8-9,18,21-22H,5-7,10-17,19H2,1-4H3/p+1. The molecule has 0 bridgehead atoms. The highest BCUT2D eigenvalue weighted by molar-refractivity contribution is 5.79. The van der Waals surface area contributed by atoms with E-state index < -0.39 is 0 Å². The minimum atomic E-state index is 0.144. The Morgan fingerprint density at radius 2 is 1.90 bits per heavy atom. The minimum absolute atomic E-state index is 0.144. The highest BCUT2D eigenvalue weighted by Gasteiger charge is 2.33. The van der Waals surface area contributed by atoms with Gasteiger partial charge >= 0.3 is 0 Å². The topological polar surface area (TPSA) is 46.5 Å². The van der Waals surface area contributed by atoms with Crippen molar-refractivity contribution in [1.82, 2.24) is 9.80 Å². The fourth-order valence-corrected chi connectivity index (χ4v) is 5.27. The summed E-state index contributed by atoms with van der Waals surface area (Å²) in [4.78, 5) is 19.5. The van der Waals surface area contributed by atoms with Crippen LogP contribution in [0.1, 0.15) is 44.6 Å². The van der Waals surface area contributed by atoms with E-state index in [1.54, 1.807) is 19.1 Å². The third-order valence-electron chi connectivity index (χ3n) is 7.14. The summed E-state index contributed by atoms with van der Waals surface area (Å²) in [5.41, 5.74) is 1.16. The molecule has 2 heterocycles. The second-order valence-electron chi connectivity index (χ2n) is 9.26. The summed E-state index contributed by atoms with van der Waals surface area (Å²) in [5.74, 6) is 1.92. The van der Waals surface area contributed by atoms with Crippen LogP contribution in [0.3, 0.4) is 0 Å². The monoisotopic (exact) mass is 432 g/mol. The van der Waals surface area contributed by atoms with Crippen molar-refractivity contribution in [1.29, 1.82) is 0 Å². The number of quaternary nitrogens is 1. The van der Waals surface area contributed by atoms with Gasteiger partial charge < -0.3 is 19.3 Å². The average Bonchev–Trinajstić information content (AvgIpc) is 2.82. The zero-order valence-electron chi connectivity index (χ0n) is 20.0. The van der Waals surface area contributed by atoms with Crippen molar-refractivity contribution in [3.05, 3.63) is 23.8 Å². The molecule has 1 aromatic rings. The van der Waals surface area contributed by atoms with Crippen molar-refractivity contribution in [2.24, 2.45) is 5.92 Å². The number of carbonyl (C=O) groups excluding carboxylic acids is 1. The largest absolute Gasteiger partial charge is 0.493 e. The molecule has 0 aliphatic carbocycles. The highest BCUT2D eigenvalue weighted by atomic mass is 16.5. The Kier molecular flexibility index (Phi) is 9.02. The van der Waals surface area contributed by atoms with Crippen molar-refractivity contribution >= 4 is 5.91 Å². The number of carbonyl (C=O) groups is 1. The van der Waals surface area contributed by atoms with E-state index in [1.807, 2.05) is 24.1 Å². The smallest absolute Gasteiger partial charge is 0.226 e. The predicted molar refractivity (Wildman–Crippen MR) is 124 cm³/mol. The Bertz CT molecular complexity index is 703. The summed E-state index contributed by atoms with van der Waals surface area (Å²) in [6.07, 6.45) is 6.82. The summed E-state index contributed by atoms with van der Waals surface area (Å²) in [7, 11) is 5.25. The van der Waals surface area contributed by atoms with Crippen LogP contribution in [0.15, 0.2) is 18.2 Å². The van der Waals surface area contributed by atoms with Crippen molar-refractivity contribution < 1.29 is 19.2 Å². The van der Waals surface area contributed by atoms with E-state index in [4.69, 9.17) is 9.47 Å². The lowest BCUT2D eigenvalue weighted by Crippen LogP contribution is -3.13. The van der Waals surface area contributed by atoms with Crippen LogP contribution in [-0.4, -0.2) is 82.3 Å². The third-order valence-corrected chi connectivity index (χ3v) is 7.14. The summed E-state index contributed by atoms with van der Waals surface area (Å²) >= 11 is 0. The van der Waals surface area contributed by atoms with E-state index in [2.05, 4.69) is 17.9 Å². The molecule has 1 atom stereocenters. The number of likely N-dealkylation sites (N-methyl/N-ethyl adjacent to an activating group) is 1. The Morgan fingerprint density at radius 3 is 2.58 bits per heavy atom. The molecule has 0 saturated carbocycles. The molecule has 0 spiro atoms. The first-order chi connectivity index (χ1) is 15.0. The lowest BCUT2D eigenvalue weighted by Gasteiger charge is -2.41. The molecule has 2 aliphatic rings. The van der Waals surface area contributed by atoms with E-state index in [0.717, 1.165) is 56.0 Å². The highest BCUT2D eigenvalue weighted by Crippen LogP contribution is 2.28. The van der Waals surface area contributed by atoms with E-state index in [0.29, 0.717) is 11.9 Å². The molecule has 1 amide bonds. The molecule has 2 fully saturated rings. The van der Waals surface area contributed by atoms with Crippen LogP contribution < -0.4 is 14.4 Å². The second kappa shape index (κ2) is 11.7. The third kappa shape index (κ3) is 6.36. The number of rotatable bonds is 9. The number of amides is 1. The SMILES string of the molecule is CCC[NH+]1CCC(N2CCCC(C(=O)N(C)CCc3ccc(OC)c(OC)c3)C2)CC1. The van der Waals surface area contributed by atoms with Gasteiger partial charge in [-0.05, 0) is 49.9 Å². The van der Waals surface area contributed by atoms with E-state index in [-0.39, 0.29) is 5.92 Å². The Morgan fingerprint density at radius 1 is 1.16 bits per heavy atom. The molecule has 174 valence electrons. The Balaban J connectivity index is 1.49. The van der Waals surface area contributed by atoms with E-state index >= 15 is 0 Å². The molecule has 1 aromatic carbocycles. The lowest BCUT2D eigenvalue weighted by atomic mass is 9.92. The number of nitrogens with zero attached hydrogens (tertiary/aromatic N) is 2. The van der Waals surface area contributed by atoms with Gasteiger partial charge in [0.05, 0.1) is 39.8 Å². The fourth-order valence-electron chi connectivity index (χ4n) is 5.27. The van der Waals surface area contributed by atoms with Crippen molar-refractivity contribution in [2.75, 3.05) is 60.5 Å². The van der Waals surface area contributed by atoms with Gasteiger partial charge in [0.2, 0.25) is 5.91 Å². The molecule has 1 unspecified atom stereocenters. The Labute approximate surface area is 188 Å². The second-order valence-corrected chi connectivity index (χ2v) is 9.26. The predicted octanol–water partition coefficient (Wildman–Crippen LogP) is 1.87. The van der Waals surface area contributed by atoms with Crippen LogP contribution in [0.25, 0.3) is 0 Å². The summed E-state index contributed by atoms with van der Waals surface area (Å²) in [6, 6.07) is 6.66. The van der Waals surface area contributed by atoms with Gasteiger partial charge in [0, 0.05) is 39.0 Å². The van der Waals surface area contributed by atoms with Gasteiger partial charge in [-0.25, -0.2) is 0 Å². The maximum absolute atomic E-state index is 13.2. The van der Waals surface area contributed by atoms with Crippen LogP contribution in [0.5, 0.6) is 11.5 Å². The number of benzene rings is 1. The van der Waals surface area contributed by atoms with Gasteiger partial charge in [0.25, 0.3) is 0 Å². The first-order valence-electron chi connectivity index (χ1n) is 12.1. The molecule has 1 N–H and O–H groups in total. The van der Waals surface area contributed by atoms with Crippen LogP contribution in [0, 0.1) is 5.92 Å². The van der Waals surface area contributed by atoms with Gasteiger partial charge in [-0.1, -0.05) is 13.0 Å². The van der Waals surface area contributed by atoms with Gasteiger partial charge in [-0.15, -0.1) is 0 Å². The number of ether oxygens (including phenoxy) is 2. The van der Waals surface area contributed by atoms with Crippen molar-refractivity contribution in [3.63, 3.8) is 0 Å². The summed E-state index contributed by atoms with van der Waals surface area (Å²) in [5, 5.41) is 0. The fraction of sp³-hybridized carbons (Fsp3) is 0.720. The van der Waals surface area contributed by atoms with E-state index in [9.17, 15) is 4.79 Å². The quantitative estimate of drug-likeness (QED) is 0.647. The number of nitrogens with one attached hydrogen (secondary N) is 1. The average molecular weight is 433 g/mol. The number of hydrogen-bond acceptors (Lipinski definition) is 4. The molecular formula is C25H42N3O3+. The number of piperidine rings is 2. The summed E-state index contributed by atoms with van der Waals surface area (Å²) < 4.78 is 10.7. The van der Waals surface area contributed by atoms with Gasteiger partial charge in [0.1, 0.15) is 0 Å². The molecule has 2 aliphatic heterocycles. The molecule has 3 rings (SSSR count).